The van der Waals surface area contributed by atoms with Gasteiger partial charge in [-0.3, -0.25) is 0 Å². The second-order valence-electron chi connectivity index (χ2n) is 0.883. The minimum atomic E-state index is -0.579. The molecule has 5 heteroatoms. The van der Waals surface area contributed by atoms with Gasteiger partial charge in [0.2, 0.25) is 0 Å². The molecule has 0 spiro atoms. The Morgan fingerprint density at radius 2 is 2.71 bits per heavy atom. The number of oxime groups is 1. The zero-order valence-corrected chi connectivity index (χ0v) is 4.26. The van der Waals surface area contributed by atoms with Crippen LogP contribution in [-0.4, -0.2) is 12.0 Å². The predicted molar refractivity (Wildman–Crippen MR) is 26.6 cm³/mol. The molecule has 1 N–H and O–H groups in total. The van der Waals surface area contributed by atoms with Gasteiger partial charge in [0.25, 0.3) is 5.62 Å². The Bertz CT molecular complexity index is 85.8. The number of hydrogen-bond donors (Lipinski definition) is 2. The normalized spacial score (nSPS) is 28.4. The topological polar surface area (TPSA) is 42.8 Å². The summed E-state index contributed by atoms with van der Waals surface area (Å²) in [6.45, 7) is 0. The first-order chi connectivity index (χ1) is 3.39. The van der Waals surface area contributed by atoms with E-state index in [1.54, 1.807) is 0 Å². The van der Waals surface area contributed by atoms with Gasteiger partial charge in [-0.1, -0.05) is 5.16 Å². The molecule has 0 amide bonds. The summed E-state index contributed by atoms with van der Waals surface area (Å²) in [7, 11) is 0. The monoisotopic (exact) mass is 120 g/mol. The van der Waals surface area contributed by atoms with Crippen LogP contribution in [0, 0.1) is 0 Å². The van der Waals surface area contributed by atoms with Crippen molar-refractivity contribution in [2.75, 3.05) is 0 Å². The maximum absolute atomic E-state index is 4.52. The van der Waals surface area contributed by atoms with Crippen molar-refractivity contribution < 1.29 is 9.68 Å². The molecule has 0 radical (unpaired) electrons. The van der Waals surface area contributed by atoms with Gasteiger partial charge in [0, 0.05) is 0 Å². The van der Waals surface area contributed by atoms with Crippen LogP contribution in [0.2, 0.25) is 0 Å². The highest BCUT2D eigenvalue weighted by Crippen LogP contribution is 1.98. The third-order valence-electron chi connectivity index (χ3n) is 0.425. The summed E-state index contributed by atoms with van der Waals surface area (Å²) in [5.74, 6) is 0. The minimum Gasteiger partial charge on any atom is -0.348 e. The molecule has 40 valence electrons. The number of hydroxylamine groups is 1. The fourth-order valence-electron chi connectivity index (χ4n) is 0.214. The molecule has 1 rings (SSSR count). The number of nitrogens with one attached hydrogen (secondary N) is 1. The maximum atomic E-state index is 4.52. The molecular weight excluding hydrogens is 116 g/mol. The van der Waals surface area contributed by atoms with Crippen molar-refractivity contribution >= 4 is 19.0 Å². The van der Waals surface area contributed by atoms with Crippen LogP contribution in [0.4, 0.5) is 0 Å². The lowest BCUT2D eigenvalue weighted by molar-refractivity contribution is -0.121. The van der Waals surface area contributed by atoms with Gasteiger partial charge in [-0.25, -0.2) is 10.3 Å². The molecule has 0 aromatic rings. The van der Waals surface area contributed by atoms with E-state index >= 15 is 0 Å². The fourth-order valence-corrected chi connectivity index (χ4v) is 0.329. The van der Waals surface area contributed by atoms with Crippen LogP contribution < -0.4 is 5.48 Å². The highest BCUT2D eigenvalue weighted by Gasteiger charge is 2.03. The molecule has 0 bridgehead atoms. The van der Waals surface area contributed by atoms with Crippen molar-refractivity contribution in [3.8, 4) is 0 Å². The molecule has 0 aromatic heterocycles. The van der Waals surface area contributed by atoms with Crippen molar-refractivity contribution in [2.24, 2.45) is 5.16 Å². The second kappa shape index (κ2) is 2.04. The maximum Gasteiger partial charge on any atom is 0.294 e. The van der Waals surface area contributed by atoms with Crippen LogP contribution in [0.3, 0.4) is 0 Å². The zero-order chi connectivity index (χ0) is 5.11. The number of rotatable bonds is 0. The molecule has 0 fully saturated rings. The van der Waals surface area contributed by atoms with Gasteiger partial charge in [0.1, 0.15) is 0 Å². The van der Waals surface area contributed by atoms with E-state index in [2.05, 4.69) is 32.9 Å². The molecule has 0 saturated heterocycles. The van der Waals surface area contributed by atoms with Gasteiger partial charge in [-0.05, 0) is 0 Å². The average molecular weight is 120 g/mol. The van der Waals surface area contributed by atoms with E-state index in [0.717, 1.165) is 0 Å². The van der Waals surface area contributed by atoms with E-state index in [9.17, 15) is 0 Å². The second-order valence-corrected chi connectivity index (χ2v) is 1.30. The molecule has 1 aliphatic rings. The number of nitrogens with zero attached hydrogens (tertiary/aromatic N) is 1. The molecule has 1 heterocycles. The van der Waals surface area contributed by atoms with E-state index in [1.165, 1.54) is 6.34 Å². The standard InChI is InChI=1S/C2H4N2O2S/c7-2-5-3-1-4-6-2/h1-2,7H,(H,3,4). The van der Waals surface area contributed by atoms with E-state index < -0.39 is 5.62 Å². The van der Waals surface area contributed by atoms with Crippen molar-refractivity contribution in [1.29, 1.82) is 0 Å². The van der Waals surface area contributed by atoms with E-state index in [1.807, 2.05) is 0 Å². The van der Waals surface area contributed by atoms with E-state index in [0.29, 0.717) is 0 Å². The third-order valence-corrected chi connectivity index (χ3v) is 0.625. The van der Waals surface area contributed by atoms with Crippen molar-refractivity contribution in [3.63, 3.8) is 0 Å². The summed E-state index contributed by atoms with van der Waals surface area (Å²) in [5, 5.41) is 3.32. The Morgan fingerprint density at radius 3 is 3.00 bits per heavy atom. The van der Waals surface area contributed by atoms with Gasteiger partial charge in [0.15, 0.2) is 6.34 Å². The molecule has 4 nitrogen and oxygen atoms in total. The van der Waals surface area contributed by atoms with Crippen LogP contribution in [0.15, 0.2) is 5.16 Å². The lowest BCUT2D eigenvalue weighted by Gasteiger charge is -2.11. The van der Waals surface area contributed by atoms with E-state index in [-0.39, 0.29) is 0 Å². The average Bonchev–Trinajstić information content (AvgIpc) is 1.69. The molecule has 1 atom stereocenters. The Kier molecular flexibility index (Phi) is 1.38. The van der Waals surface area contributed by atoms with Crippen molar-refractivity contribution in [2.45, 2.75) is 5.62 Å². The molecule has 7 heavy (non-hydrogen) atoms. The quantitative estimate of drug-likeness (QED) is 0.431. The Labute approximate surface area is 45.8 Å². The van der Waals surface area contributed by atoms with E-state index in [4.69, 9.17) is 0 Å². The molecule has 1 aliphatic heterocycles. The largest absolute Gasteiger partial charge is 0.348 e. The van der Waals surface area contributed by atoms with Gasteiger partial charge >= 0.3 is 0 Å². The highest BCUT2D eigenvalue weighted by atomic mass is 32.1. The number of hydrogen-bond acceptors (Lipinski definition) is 5. The Balaban J connectivity index is 2.32. The summed E-state index contributed by atoms with van der Waals surface area (Å²) >= 11 is 3.74. The first kappa shape index (κ1) is 4.73. The van der Waals surface area contributed by atoms with Crippen LogP contribution in [-0.2, 0) is 9.68 Å². The fraction of sp³-hybridized carbons (Fsp3) is 0.500. The summed E-state index contributed by atoms with van der Waals surface area (Å²) < 4.78 is 0. The molecule has 0 saturated carbocycles. The molecule has 0 aromatic carbocycles. The summed E-state index contributed by atoms with van der Waals surface area (Å²) in [6.07, 6.45) is 1.28. The smallest absolute Gasteiger partial charge is 0.294 e. The molecule has 0 aliphatic carbocycles. The SMILES string of the molecule is SC1ON=CNO1. The lowest BCUT2D eigenvalue weighted by Crippen LogP contribution is -2.24. The summed E-state index contributed by atoms with van der Waals surface area (Å²) in [5.41, 5.74) is 1.76. The van der Waals surface area contributed by atoms with Gasteiger partial charge in [0.05, 0.1) is 0 Å². The predicted octanol–water partition coefficient (Wildman–Crippen LogP) is -0.306. The van der Waals surface area contributed by atoms with Crippen LogP contribution in [0.25, 0.3) is 0 Å². The Hall–Kier alpha value is -0.420. The van der Waals surface area contributed by atoms with Crippen molar-refractivity contribution in [3.05, 3.63) is 0 Å². The molecular formula is C2H4N2O2S. The van der Waals surface area contributed by atoms with Crippen LogP contribution in [0.1, 0.15) is 0 Å². The number of thiol groups is 1. The van der Waals surface area contributed by atoms with Crippen LogP contribution in [0.5, 0.6) is 0 Å². The third kappa shape index (κ3) is 1.24. The summed E-state index contributed by atoms with van der Waals surface area (Å²) in [4.78, 5) is 8.95. The lowest BCUT2D eigenvalue weighted by atomic mass is 11.3. The summed E-state index contributed by atoms with van der Waals surface area (Å²) in [6, 6.07) is 0. The first-order valence-corrected chi connectivity index (χ1v) is 2.18. The minimum absolute atomic E-state index is 0.579. The van der Waals surface area contributed by atoms with Gasteiger partial charge < -0.3 is 4.84 Å². The van der Waals surface area contributed by atoms with Gasteiger partial charge in [-0.15, -0.1) is 12.6 Å². The Morgan fingerprint density at radius 1 is 1.86 bits per heavy atom. The molecule has 1 unspecified atom stereocenters. The van der Waals surface area contributed by atoms with Crippen molar-refractivity contribution in [1.82, 2.24) is 5.48 Å². The first-order valence-electron chi connectivity index (χ1n) is 1.66. The highest BCUT2D eigenvalue weighted by molar-refractivity contribution is 7.80. The van der Waals surface area contributed by atoms with Gasteiger partial charge in [-0.2, -0.15) is 0 Å². The van der Waals surface area contributed by atoms with Crippen LogP contribution >= 0.6 is 12.6 Å². The zero-order valence-electron chi connectivity index (χ0n) is 3.37.